The minimum absolute atomic E-state index is 0.00939. The SMILES string of the molecule is CCCCCCCCCCCCCCCCCCCCCCCCCCCC(O)C(CO)NC(=O)CCCCCCCCCCCCCCCCCCCOC(=O)CCCCCCCCCCCCCCCC. The Hall–Kier alpha value is -1.14. The molecule has 6 heteroatoms. The van der Waals surface area contributed by atoms with Crippen LogP contribution in [0.5, 0.6) is 0 Å². The van der Waals surface area contributed by atoms with Gasteiger partial charge in [0.05, 0.1) is 25.4 Å². The number of nitrogens with one attached hydrogen (secondary N) is 1. The Balaban J connectivity index is 3.39. The monoisotopic (exact) mass is 1030 g/mol. The molecule has 0 radical (unpaired) electrons. The first kappa shape index (κ1) is 71.9. The van der Waals surface area contributed by atoms with Crippen molar-refractivity contribution in [1.29, 1.82) is 0 Å². The third-order valence-electron chi connectivity index (χ3n) is 16.2. The first-order chi connectivity index (χ1) is 36.0. The summed E-state index contributed by atoms with van der Waals surface area (Å²) in [6.07, 6.45) is 75.6. The van der Waals surface area contributed by atoms with Crippen molar-refractivity contribution in [3.05, 3.63) is 0 Å². The van der Waals surface area contributed by atoms with E-state index in [0.717, 1.165) is 38.5 Å². The van der Waals surface area contributed by atoms with Crippen molar-refractivity contribution in [2.75, 3.05) is 13.2 Å². The number of unbranched alkanes of at least 4 members (excludes halogenated alkanes) is 53. The Kier molecular flexibility index (Phi) is 62.4. The quantitative estimate of drug-likeness (QED) is 0.0417. The Labute approximate surface area is 457 Å². The van der Waals surface area contributed by atoms with Gasteiger partial charge < -0.3 is 20.3 Å². The lowest BCUT2D eigenvalue weighted by Crippen LogP contribution is -2.45. The maximum atomic E-state index is 12.5. The van der Waals surface area contributed by atoms with E-state index in [9.17, 15) is 19.8 Å². The second-order valence-electron chi connectivity index (χ2n) is 23.5. The standard InChI is InChI=1S/C67H133NO5/c1-3-5-7-9-11-13-15-17-19-20-21-22-23-24-25-26-27-29-32-35-39-43-47-51-55-59-65(70)64(63-69)68-66(71)60-56-52-48-44-40-36-33-30-28-31-34-38-42-46-50-54-58-62-73-67(72)61-57-53-49-45-41-37-18-16-14-12-10-8-6-4-2/h64-65,69-70H,3-63H2,1-2H3,(H,68,71). The molecule has 2 atom stereocenters. The van der Waals surface area contributed by atoms with E-state index in [-0.39, 0.29) is 18.5 Å². The molecule has 1 amide bonds. The van der Waals surface area contributed by atoms with E-state index in [4.69, 9.17) is 4.74 Å². The van der Waals surface area contributed by atoms with Gasteiger partial charge in [0.2, 0.25) is 5.91 Å². The summed E-state index contributed by atoms with van der Waals surface area (Å²) in [5.41, 5.74) is 0. The molecule has 0 bridgehead atoms. The van der Waals surface area contributed by atoms with Gasteiger partial charge in [0.25, 0.3) is 0 Å². The third kappa shape index (κ3) is 60.0. The van der Waals surface area contributed by atoms with Crippen molar-refractivity contribution in [3.8, 4) is 0 Å². The van der Waals surface area contributed by atoms with Gasteiger partial charge in [-0.1, -0.05) is 354 Å². The highest BCUT2D eigenvalue weighted by Crippen LogP contribution is 2.19. The van der Waals surface area contributed by atoms with Crippen LogP contribution in [0, 0.1) is 0 Å². The first-order valence-corrected chi connectivity index (χ1v) is 33.8. The molecule has 436 valence electrons. The number of ether oxygens (including phenoxy) is 1. The highest BCUT2D eigenvalue weighted by Gasteiger charge is 2.20. The molecular weight excluding hydrogens is 899 g/mol. The van der Waals surface area contributed by atoms with Gasteiger partial charge in [0.15, 0.2) is 0 Å². The fourth-order valence-electron chi connectivity index (χ4n) is 11.0. The number of aliphatic hydroxyl groups is 2. The average molecular weight is 1030 g/mol. The fraction of sp³-hybridized carbons (Fsp3) is 0.970. The molecule has 73 heavy (non-hydrogen) atoms. The maximum Gasteiger partial charge on any atom is 0.305 e. The number of amides is 1. The van der Waals surface area contributed by atoms with Crippen LogP contribution >= 0.6 is 0 Å². The lowest BCUT2D eigenvalue weighted by Gasteiger charge is -2.22. The molecule has 6 nitrogen and oxygen atoms in total. The van der Waals surface area contributed by atoms with E-state index in [1.807, 2.05) is 0 Å². The Morgan fingerprint density at radius 2 is 0.562 bits per heavy atom. The Morgan fingerprint density at radius 1 is 0.329 bits per heavy atom. The normalized spacial score (nSPS) is 12.4. The van der Waals surface area contributed by atoms with E-state index in [0.29, 0.717) is 25.9 Å². The summed E-state index contributed by atoms with van der Waals surface area (Å²) >= 11 is 0. The number of rotatable bonds is 64. The lowest BCUT2D eigenvalue weighted by molar-refractivity contribution is -0.143. The largest absolute Gasteiger partial charge is 0.466 e. The van der Waals surface area contributed by atoms with Crippen LogP contribution in [0.3, 0.4) is 0 Å². The van der Waals surface area contributed by atoms with Gasteiger partial charge >= 0.3 is 5.97 Å². The molecule has 2 unspecified atom stereocenters. The van der Waals surface area contributed by atoms with E-state index >= 15 is 0 Å². The zero-order valence-corrected chi connectivity index (χ0v) is 49.9. The summed E-state index contributed by atoms with van der Waals surface area (Å²) in [6.45, 7) is 4.99. The van der Waals surface area contributed by atoms with Crippen molar-refractivity contribution >= 4 is 11.9 Å². The van der Waals surface area contributed by atoms with Crippen LogP contribution < -0.4 is 5.32 Å². The number of carbonyl (C=O) groups is 2. The minimum atomic E-state index is -0.668. The van der Waals surface area contributed by atoms with Gasteiger partial charge in [0.1, 0.15) is 0 Å². The van der Waals surface area contributed by atoms with Crippen LogP contribution in [0.15, 0.2) is 0 Å². The second-order valence-corrected chi connectivity index (χ2v) is 23.5. The summed E-state index contributed by atoms with van der Waals surface area (Å²) in [7, 11) is 0. The average Bonchev–Trinajstić information content (AvgIpc) is 3.39. The summed E-state index contributed by atoms with van der Waals surface area (Å²) < 4.78 is 5.49. The van der Waals surface area contributed by atoms with Crippen LogP contribution in [-0.4, -0.2) is 47.4 Å². The molecule has 0 aromatic carbocycles. The van der Waals surface area contributed by atoms with Crippen LogP contribution in [0.25, 0.3) is 0 Å². The molecular formula is C67H133NO5. The van der Waals surface area contributed by atoms with Gasteiger partial charge in [0, 0.05) is 12.8 Å². The minimum Gasteiger partial charge on any atom is -0.466 e. The first-order valence-electron chi connectivity index (χ1n) is 33.8. The topological polar surface area (TPSA) is 95.9 Å². The molecule has 0 rings (SSSR count). The molecule has 0 aromatic heterocycles. The fourth-order valence-corrected chi connectivity index (χ4v) is 11.0. The number of carbonyl (C=O) groups excluding carboxylic acids is 2. The molecule has 0 spiro atoms. The number of aliphatic hydroxyl groups excluding tert-OH is 2. The third-order valence-corrected chi connectivity index (χ3v) is 16.2. The van der Waals surface area contributed by atoms with E-state index < -0.39 is 12.1 Å². The zero-order chi connectivity index (χ0) is 52.9. The van der Waals surface area contributed by atoms with Crippen LogP contribution in [0.2, 0.25) is 0 Å². The van der Waals surface area contributed by atoms with Crippen molar-refractivity contribution in [2.45, 2.75) is 405 Å². The van der Waals surface area contributed by atoms with Crippen molar-refractivity contribution < 1.29 is 24.5 Å². The van der Waals surface area contributed by atoms with Crippen LogP contribution in [-0.2, 0) is 14.3 Å². The van der Waals surface area contributed by atoms with E-state index in [1.54, 1.807) is 0 Å². The highest BCUT2D eigenvalue weighted by molar-refractivity contribution is 5.76. The number of hydrogen-bond donors (Lipinski definition) is 3. The smallest absolute Gasteiger partial charge is 0.305 e. The molecule has 0 saturated heterocycles. The Bertz CT molecular complexity index is 1050. The van der Waals surface area contributed by atoms with E-state index in [2.05, 4.69) is 19.2 Å². The lowest BCUT2D eigenvalue weighted by atomic mass is 10.0. The van der Waals surface area contributed by atoms with Gasteiger partial charge in [-0.25, -0.2) is 0 Å². The van der Waals surface area contributed by atoms with Crippen LogP contribution in [0.4, 0.5) is 0 Å². The van der Waals surface area contributed by atoms with Gasteiger partial charge in [-0.15, -0.1) is 0 Å². The molecule has 0 aromatic rings. The van der Waals surface area contributed by atoms with Crippen molar-refractivity contribution in [3.63, 3.8) is 0 Å². The molecule has 3 N–H and O–H groups in total. The molecule has 0 heterocycles. The summed E-state index contributed by atoms with van der Waals surface area (Å²) in [6, 6.07) is -0.546. The molecule has 0 aliphatic heterocycles. The number of hydrogen-bond acceptors (Lipinski definition) is 5. The van der Waals surface area contributed by atoms with Gasteiger partial charge in [-0.05, 0) is 25.7 Å². The zero-order valence-electron chi connectivity index (χ0n) is 49.9. The number of esters is 1. The Morgan fingerprint density at radius 3 is 0.836 bits per heavy atom. The van der Waals surface area contributed by atoms with E-state index in [1.165, 1.54) is 321 Å². The van der Waals surface area contributed by atoms with Crippen LogP contribution in [0.1, 0.15) is 393 Å². The van der Waals surface area contributed by atoms with Crippen molar-refractivity contribution in [2.24, 2.45) is 0 Å². The highest BCUT2D eigenvalue weighted by atomic mass is 16.5. The summed E-state index contributed by atoms with van der Waals surface area (Å²) in [5.74, 6) is -0.0251. The van der Waals surface area contributed by atoms with Crippen molar-refractivity contribution in [1.82, 2.24) is 5.32 Å². The summed E-state index contributed by atoms with van der Waals surface area (Å²) in [5, 5.41) is 23.4. The molecule has 0 saturated carbocycles. The molecule has 0 aliphatic rings. The summed E-state index contributed by atoms with van der Waals surface area (Å²) in [4.78, 5) is 24.6. The molecule has 0 aliphatic carbocycles. The second kappa shape index (κ2) is 63.4. The molecule has 0 fully saturated rings. The predicted molar refractivity (Wildman–Crippen MR) is 320 cm³/mol. The predicted octanol–water partition coefficient (Wildman–Crippen LogP) is 21.4. The maximum absolute atomic E-state index is 12.5. The van der Waals surface area contributed by atoms with Gasteiger partial charge in [-0.2, -0.15) is 0 Å². The van der Waals surface area contributed by atoms with Gasteiger partial charge in [-0.3, -0.25) is 9.59 Å².